The monoisotopic (exact) mass is 259 g/mol. The lowest BCUT2D eigenvalue weighted by Gasteiger charge is -2.32. The number of anilines is 2. The average molecular weight is 259 g/mol. The van der Waals surface area contributed by atoms with Crippen molar-refractivity contribution in [2.75, 3.05) is 17.2 Å². The van der Waals surface area contributed by atoms with Gasteiger partial charge in [-0.3, -0.25) is 0 Å². The number of thiol groups is 1. The van der Waals surface area contributed by atoms with Gasteiger partial charge in [0.15, 0.2) is 0 Å². The molecule has 86 valence electrons. The van der Waals surface area contributed by atoms with Crippen LogP contribution in [0.2, 0.25) is 0 Å². The van der Waals surface area contributed by atoms with Gasteiger partial charge in [0, 0.05) is 22.1 Å². The fourth-order valence-corrected chi connectivity index (χ4v) is 3.42. The molecule has 1 heterocycles. The molecule has 1 aliphatic rings. The van der Waals surface area contributed by atoms with Gasteiger partial charge < -0.3 is 4.90 Å². The summed E-state index contributed by atoms with van der Waals surface area (Å²) < 4.78 is 0. The SMILES string of the molecule is SCCN1c2ccccc2Sc2ccccc21. The highest BCUT2D eigenvalue weighted by Gasteiger charge is 2.21. The Balaban J connectivity index is 2.13. The molecule has 0 amide bonds. The van der Waals surface area contributed by atoms with Gasteiger partial charge in [0.1, 0.15) is 0 Å². The molecule has 0 fully saturated rings. The number of fused-ring (bicyclic) bond motifs is 2. The number of rotatable bonds is 2. The maximum Gasteiger partial charge on any atom is 0.0553 e. The summed E-state index contributed by atoms with van der Waals surface area (Å²) in [6.07, 6.45) is 0. The van der Waals surface area contributed by atoms with Gasteiger partial charge >= 0.3 is 0 Å². The third-order valence-corrected chi connectivity index (χ3v) is 4.19. The van der Waals surface area contributed by atoms with Gasteiger partial charge in [0.05, 0.1) is 11.4 Å². The van der Waals surface area contributed by atoms with E-state index in [2.05, 4.69) is 66.1 Å². The van der Waals surface area contributed by atoms with E-state index in [0.717, 1.165) is 12.3 Å². The molecule has 0 aliphatic carbocycles. The highest BCUT2D eigenvalue weighted by Crippen LogP contribution is 2.47. The highest BCUT2D eigenvalue weighted by atomic mass is 32.2. The molecule has 2 aromatic rings. The maximum absolute atomic E-state index is 4.37. The summed E-state index contributed by atoms with van der Waals surface area (Å²) in [5, 5.41) is 0. The number of hydrogen-bond acceptors (Lipinski definition) is 3. The van der Waals surface area contributed by atoms with Crippen LogP contribution in [0.3, 0.4) is 0 Å². The van der Waals surface area contributed by atoms with Gasteiger partial charge in [-0.05, 0) is 24.3 Å². The number of hydrogen-bond donors (Lipinski definition) is 1. The topological polar surface area (TPSA) is 3.24 Å². The first-order valence-corrected chi connectivity index (χ1v) is 7.09. The number of para-hydroxylation sites is 2. The van der Waals surface area contributed by atoms with E-state index in [9.17, 15) is 0 Å². The predicted molar refractivity (Wildman–Crippen MR) is 77.9 cm³/mol. The second kappa shape index (κ2) is 4.67. The van der Waals surface area contributed by atoms with E-state index in [1.54, 1.807) is 0 Å². The van der Waals surface area contributed by atoms with Crippen LogP contribution in [-0.2, 0) is 0 Å². The van der Waals surface area contributed by atoms with Crippen LogP contribution < -0.4 is 4.90 Å². The Labute approximate surface area is 111 Å². The molecule has 1 nitrogen and oxygen atoms in total. The van der Waals surface area contributed by atoms with Gasteiger partial charge in [-0.15, -0.1) is 0 Å². The Hall–Kier alpha value is -1.06. The largest absolute Gasteiger partial charge is 0.339 e. The smallest absolute Gasteiger partial charge is 0.0553 e. The van der Waals surface area contributed by atoms with E-state index in [0.29, 0.717) is 0 Å². The van der Waals surface area contributed by atoms with Crippen molar-refractivity contribution in [2.24, 2.45) is 0 Å². The molecule has 0 N–H and O–H groups in total. The Morgan fingerprint density at radius 3 is 1.94 bits per heavy atom. The lowest BCUT2D eigenvalue weighted by molar-refractivity contribution is 0.990. The highest BCUT2D eigenvalue weighted by molar-refractivity contribution is 7.99. The average Bonchev–Trinajstić information content (AvgIpc) is 2.39. The van der Waals surface area contributed by atoms with Crippen LogP contribution in [0, 0.1) is 0 Å². The first kappa shape index (κ1) is 11.1. The quantitative estimate of drug-likeness (QED) is 0.804. The van der Waals surface area contributed by atoms with Crippen molar-refractivity contribution in [1.29, 1.82) is 0 Å². The zero-order valence-electron chi connectivity index (χ0n) is 9.34. The molecule has 3 rings (SSSR count). The lowest BCUT2D eigenvalue weighted by Crippen LogP contribution is -2.22. The second-order valence-corrected chi connectivity index (χ2v) is 5.44. The van der Waals surface area contributed by atoms with Crippen molar-refractivity contribution in [1.82, 2.24) is 0 Å². The first-order chi connectivity index (χ1) is 8.40. The van der Waals surface area contributed by atoms with E-state index in [-0.39, 0.29) is 0 Å². The third kappa shape index (κ3) is 1.94. The molecule has 0 saturated heterocycles. The Morgan fingerprint density at radius 1 is 0.882 bits per heavy atom. The first-order valence-electron chi connectivity index (χ1n) is 5.64. The van der Waals surface area contributed by atoms with Gasteiger partial charge in [0.2, 0.25) is 0 Å². The van der Waals surface area contributed by atoms with E-state index in [1.165, 1.54) is 21.2 Å². The van der Waals surface area contributed by atoms with Crippen molar-refractivity contribution >= 4 is 35.8 Å². The summed E-state index contributed by atoms with van der Waals surface area (Å²) in [6.45, 7) is 0.942. The summed E-state index contributed by atoms with van der Waals surface area (Å²) in [6, 6.07) is 17.1. The number of nitrogens with zero attached hydrogens (tertiary/aromatic N) is 1. The zero-order valence-corrected chi connectivity index (χ0v) is 11.0. The van der Waals surface area contributed by atoms with Gasteiger partial charge in [0.25, 0.3) is 0 Å². The minimum Gasteiger partial charge on any atom is -0.339 e. The molecule has 0 unspecified atom stereocenters. The molecule has 0 spiro atoms. The van der Waals surface area contributed by atoms with Crippen molar-refractivity contribution in [3.8, 4) is 0 Å². The molecule has 0 radical (unpaired) electrons. The van der Waals surface area contributed by atoms with Crippen LogP contribution in [-0.4, -0.2) is 12.3 Å². The molecule has 0 saturated carbocycles. The molecule has 3 heteroatoms. The fraction of sp³-hybridized carbons (Fsp3) is 0.143. The van der Waals surface area contributed by atoms with E-state index in [1.807, 2.05) is 11.8 Å². The Morgan fingerprint density at radius 2 is 1.41 bits per heavy atom. The fourth-order valence-electron chi connectivity index (χ4n) is 2.12. The summed E-state index contributed by atoms with van der Waals surface area (Å²) in [4.78, 5) is 5.01. The summed E-state index contributed by atoms with van der Waals surface area (Å²) >= 11 is 6.21. The predicted octanol–water partition coefficient (Wildman–Crippen LogP) is 4.22. The zero-order chi connectivity index (χ0) is 11.7. The van der Waals surface area contributed by atoms with E-state index in [4.69, 9.17) is 0 Å². The van der Waals surface area contributed by atoms with Crippen molar-refractivity contribution < 1.29 is 0 Å². The molecular formula is C14H13NS2. The van der Waals surface area contributed by atoms with E-state index >= 15 is 0 Å². The van der Waals surface area contributed by atoms with Crippen LogP contribution in [0.1, 0.15) is 0 Å². The minimum atomic E-state index is 0.854. The van der Waals surface area contributed by atoms with Crippen LogP contribution >= 0.6 is 24.4 Å². The van der Waals surface area contributed by atoms with Crippen LogP contribution in [0.25, 0.3) is 0 Å². The van der Waals surface area contributed by atoms with Gasteiger partial charge in [-0.1, -0.05) is 36.0 Å². The molecule has 2 aromatic carbocycles. The van der Waals surface area contributed by atoms with Crippen LogP contribution in [0.15, 0.2) is 58.3 Å². The molecule has 17 heavy (non-hydrogen) atoms. The van der Waals surface area contributed by atoms with E-state index < -0.39 is 0 Å². The van der Waals surface area contributed by atoms with Gasteiger partial charge in [-0.25, -0.2) is 0 Å². The third-order valence-electron chi connectivity index (χ3n) is 2.86. The Kier molecular flexibility index (Phi) is 3.04. The van der Waals surface area contributed by atoms with Crippen molar-refractivity contribution in [3.63, 3.8) is 0 Å². The second-order valence-electron chi connectivity index (χ2n) is 3.91. The Bertz CT molecular complexity index is 494. The summed E-state index contributed by atoms with van der Waals surface area (Å²) in [5.41, 5.74) is 2.59. The normalized spacial score (nSPS) is 13.1. The number of benzene rings is 2. The van der Waals surface area contributed by atoms with Crippen molar-refractivity contribution in [3.05, 3.63) is 48.5 Å². The molecule has 0 aromatic heterocycles. The van der Waals surface area contributed by atoms with Crippen LogP contribution in [0.5, 0.6) is 0 Å². The standard InChI is InChI=1S/C14H13NS2/c16-10-9-15-11-5-1-3-7-13(11)17-14-8-4-2-6-12(14)15/h1-8,16H,9-10H2. The summed E-state index contributed by atoms with van der Waals surface area (Å²) in [5.74, 6) is 0.854. The lowest BCUT2D eigenvalue weighted by atomic mass is 10.2. The van der Waals surface area contributed by atoms with Gasteiger partial charge in [-0.2, -0.15) is 12.6 Å². The van der Waals surface area contributed by atoms with Crippen molar-refractivity contribution in [2.45, 2.75) is 9.79 Å². The minimum absolute atomic E-state index is 0.854. The molecule has 0 bridgehead atoms. The maximum atomic E-state index is 4.37. The summed E-state index contributed by atoms with van der Waals surface area (Å²) in [7, 11) is 0. The van der Waals surface area contributed by atoms with Crippen LogP contribution in [0.4, 0.5) is 11.4 Å². The molecule has 0 atom stereocenters. The molecular weight excluding hydrogens is 246 g/mol. The molecule has 1 aliphatic heterocycles.